The molecule has 0 spiro atoms. The minimum absolute atomic E-state index is 0.0131. The maximum Gasteiger partial charge on any atom is 0.261 e. The van der Waals surface area contributed by atoms with Crippen molar-refractivity contribution in [3.8, 4) is 5.88 Å². The van der Waals surface area contributed by atoms with Gasteiger partial charge in [0.2, 0.25) is 5.88 Å². The molecule has 3 aromatic rings. The molecular formula is C21H19ClN2O2. The summed E-state index contributed by atoms with van der Waals surface area (Å²) in [5.41, 5.74) is 5.03. The predicted molar refractivity (Wildman–Crippen MR) is 102 cm³/mol. The molecule has 0 saturated heterocycles. The van der Waals surface area contributed by atoms with Gasteiger partial charge in [0.25, 0.3) is 5.91 Å². The Morgan fingerprint density at radius 3 is 2.73 bits per heavy atom. The van der Waals surface area contributed by atoms with E-state index in [0.717, 1.165) is 33.2 Å². The molecule has 0 radical (unpaired) electrons. The number of hydrogen-bond donors (Lipinski definition) is 0. The largest absolute Gasteiger partial charge is 0.467 e. The Balaban J connectivity index is 1.74. The van der Waals surface area contributed by atoms with E-state index in [4.69, 9.17) is 21.3 Å². The van der Waals surface area contributed by atoms with Gasteiger partial charge < -0.3 is 9.64 Å². The number of fused-ring (bicyclic) bond motifs is 2. The van der Waals surface area contributed by atoms with Crippen LogP contribution in [-0.2, 0) is 17.9 Å². The fourth-order valence-electron chi connectivity index (χ4n) is 3.29. The average molecular weight is 367 g/mol. The average Bonchev–Trinajstić information content (AvgIpc) is 2.78. The fourth-order valence-corrected chi connectivity index (χ4v) is 3.48. The van der Waals surface area contributed by atoms with Crippen LogP contribution in [0.4, 0.5) is 0 Å². The second-order valence-electron chi connectivity index (χ2n) is 6.68. The zero-order chi connectivity index (χ0) is 18.3. The lowest BCUT2D eigenvalue weighted by molar-refractivity contribution is -0.133. The summed E-state index contributed by atoms with van der Waals surface area (Å²) in [6, 6.07) is 13.8. The molecule has 1 aliphatic rings. The lowest BCUT2D eigenvalue weighted by Crippen LogP contribution is -2.31. The molecule has 1 aromatic heterocycles. The third-order valence-corrected chi connectivity index (χ3v) is 5.18. The van der Waals surface area contributed by atoms with Crippen molar-refractivity contribution < 1.29 is 9.53 Å². The van der Waals surface area contributed by atoms with Gasteiger partial charge in [0.1, 0.15) is 0 Å². The van der Waals surface area contributed by atoms with Crippen LogP contribution in [0.25, 0.3) is 10.9 Å². The highest BCUT2D eigenvalue weighted by Gasteiger charge is 2.24. The second-order valence-corrected chi connectivity index (χ2v) is 7.09. The fraction of sp³-hybridized carbons (Fsp3) is 0.238. The van der Waals surface area contributed by atoms with E-state index in [-0.39, 0.29) is 12.5 Å². The van der Waals surface area contributed by atoms with Crippen LogP contribution >= 0.6 is 11.6 Å². The highest BCUT2D eigenvalue weighted by Crippen LogP contribution is 2.30. The molecule has 2 heterocycles. The van der Waals surface area contributed by atoms with Crippen LogP contribution < -0.4 is 4.74 Å². The number of pyridine rings is 1. The van der Waals surface area contributed by atoms with Crippen molar-refractivity contribution in [1.29, 1.82) is 0 Å². The van der Waals surface area contributed by atoms with Gasteiger partial charge in [-0.05, 0) is 42.7 Å². The second kappa shape index (κ2) is 6.61. The monoisotopic (exact) mass is 366 g/mol. The van der Waals surface area contributed by atoms with Gasteiger partial charge in [-0.3, -0.25) is 4.79 Å². The number of halogens is 1. The van der Waals surface area contributed by atoms with Crippen molar-refractivity contribution in [2.24, 2.45) is 0 Å². The third-order valence-electron chi connectivity index (χ3n) is 4.81. The van der Waals surface area contributed by atoms with Crippen LogP contribution in [0.1, 0.15) is 22.3 Å². The van der Waals surface area contributed by atoms with Crippen molar-refractivity contribution in [3.05, 3.63) is 69.7 Å². The number of ether oxygens (including phenoxy) is 1. The standard InChI is InChI=1S/C21H19ClN2O2/c1-13-7-8-14(2)20-17(13)9-16-11-24(19(25)12-26-21(16)23-20)10-15-5-3-4-6-18(15)22/h3-9H,10-12H2,1-2H3. The summed E-state index contributed by atoms with van der Waals surface area (Å²) in [7, 11) is 0. The van der Waals surface area contributed by atoms with E-state index in [0.29, 0.717) is 24.0 Å². The summed E-state index contributed by atoms with van der Waals surface area (Å²) in [6.45, 7) is 5.00. The number of aryl methyl sites for hydroxylation is 2. The molecule has 0 unspecified atom stereocenters. The first-order valence-corrected chi connectivity index (χ1v) is 8.94. The summed E-state index contributed by atoms with van der Waals surface area (Å²) < 4.78 is 5.73. The number of benzene rings is 2. The lowest BCUT2D eigenvalue weighted by atomic mass is 10.0. The molecule has 5 heteroatoms. The van der Waals surface area contributed by atoms with Crippen molar-refractivity contribution in [2.75, 3.05) is 6.61 Å². The Kier molecular flexibility index (Phi) is 4.29. The first-order valence-electron chi connectivity index (χ1n) is 8.57. The zero-order valence-electron chi connectivity index (χ0n) is 14.8. The van der Waals surface area contributed by atoms with Crippen molar-refractivity contribution in [2.45, 2.75) is 26.9 Å². The molecule has 0 saturated carbocycles. The van der Waals surface area contributed by atoms with Crippen LogP contribution in [0.15, 0.2) is 42.5 Å². The molecule has 132 valence electrons. The molecule has 0 fully saturated rings. The Labute approximate surface area is 157 Å². The van der Waals surface area contributed by atoms with Gasteiger partial charge in [0.15, 0.2) is 6.61 Å². The molecule has 1 aliphatic heterocycles. The molecule has 0 N–H and O–H groups in total. The van der Waals surface area contributed by atoms with E-state index in [1.807, 2.05) is 31.2 Å². The topological polar surface area (TPSA) is 42.4 Å². The van der Waals surface area contributed by atoms with E-state index in [1.54, 1.807) is 4.90 Å². The van der Waals surface area contributed by atoms with Gasteiger partial charge in [0, 0.05) is 22.5 Å². The number of nitrogens with zero attached hydrogens (tertiary/aromatic N) is 2. The Morgan fingerprint density at radius 1 is 1.15 bits per heavy atom. The molecule has 0 aliphatic carbocycles. The van der Waals surface area contributed by atoms with Crippen LogP contribution in [0, 0.1) is 13.8 Å². The van der Waals surface area contributed by atoms with E-state index in [9.17, 15) is 4.79 Å². The first-order chi connectivity index (χ1) is 12.5. The van der Waals surface area contributed by atoms with Gasteiger partial charge >= 0.3 is 0 Å². The zero-order valence-corrected chi connectivity index (χ0v) is 15.5. The van der Waals surface area contributed by atoms with Crippen LogP contribution in [-0.4, -0.2) is 22.4 Å². The summed E-state index contributed by atoms with van der Waals surface area (Å²) in [5.74, 6) is 0.474. The molecule has 0 bridgehead atoms. The molecular weight excluding hydrogens is 348 g/mol. The van der Waals surface area contributed by atoms with Gasteiger partial charge in [-0.2, -0.15) is 0 Å². The first kappa shape index (κ1) is 16.9. The predicted octanol–water partition coefficient (Wildman–Crippen LogP) is 4.43. The van der Waals surface area contributed by atoms with E-state index in [1.165, 1.54) is 0 Å². The molecule has 4 nitrogen and oxygen atoms in total. The van der Waals surface area contributed by atoms with Gasteiger partial charge in [-0.15, -0.1) is 0 Å². The van der Waals surface area contributed by atoms with Gasteiger partial charge in [0.05, 0.1) is 12.1 Å². The van der Waals surface area contributed by atoms with Crippen molar-refractivity contribution >= 4 is 28.4 Å². The summed E-state index contributed by atoms with van der Waals surface area (Å²) in [6.07, 6.45) is 0. The molecule has 1 amide bonds. The number of aromatic nitrogens is 1. The Morgan fingerprint density at radius 2 is 1.92 bits per heavy atom. The minimum atomic E-state index is -0.0691. The van der Waals surface area contributed by atoms with Gasteiger partial charge in [-0.1, -0.05) is 41.9 Å². The number of amides is 1. The SMILES string of the molecule is Cc1ccc(C)c2nc3c(cc12)CN(Cc1ccccc1Cl)C(=O)CO3. The van der Waals surface area contributed by atoms with Crippen LogP contribution in [0.2, 0.25) is 5.02 Å². The summed E-state index contributed by atoms with van der Waals surface area (Å²) in [5, 5.41) is 1.76. The van der Waals surface area contributed by atoms with Crippen molar-refractivity contribution in [1.82, 2.24) is 9.88 Å². The highest BCUT2D eigenvalue weighted by atomic mass is 35.5. The molecule has 4 rings (SSSR count). The van der Waals surface area contributed by atoms with Gasteiger partial charge in [-0.25, -0.2) is 4.98 Å². The number of hydrogen-bond acceptors (Lipinski definition) is 3. The van der Waals surface area contributed by atoms with E-state index < -0.39 is 0 Å². The summed E-state index contributed by atoms with van der Waals surface area (Å²) >= 11 is 6.27. The van der Waals surface area contributed by atoms with Crippen LogP contribution in [0.5, 0.6) is 5.88 Å². The highest BCUT2D eigenvalue weighted by molar-refractivity contribution is 6.31. The number of carbonyl (C=O) groups excluding carboxylic acids is 1. The Hall–Kier alpha value is -2.59. The third kappa shape index (κ3) is 3.01. The Bertz CT molecular complexity index is 1020. The number of carbonyl (C=O) groups is 1. The lowest BCUT2D eigenvalue weighted by Gasteiger charge is -2.20. The quantitative estimate of drug-likeness (QED) is 0.674. The molecule has 0 atom stereocenters. The maximum absolute atomic E-state index is 12.6. The number of rotatable bonds is 2. The molecule has 2 aromatic carbocycles. The van der Waals surface area contributed by atoms with E-state index in [2.05, 4.69) is 25.1 Å². The van der Waals surface area contributed by atoms with E-state index >= 15 is 0 Å². The minimum Gasteiger partial charge on any atom is -0.467 e. The summed E-state index contributed by atoms with van der Waals surface area (Å²) in [4.78, 5) is 19.0. The molecule has 26 heavy (non-hydrogen) atoms. The van der Waals surface area contributed by atoms with Crippen molar-refractivity contribution in [3.63, 3.8) is 0 Å². The smallest absolute Gasteiger partial charge is 0.261 e. The van der Waals surface area contributed by atoms with Crippen LogP contribution in [0.3, 0.4) is 0 Å². The normalized spacial score (nSPS) is 14.1. The maximum atomic E-state index is 12.6.